The Bertz CT molecular complexity index is 752. The zero-order chi connectivity index (χ0) is 16.2. The molecule has 0 unspecified atom stereocenters. The van der Waals surface area contributed by atoms with Crippen molar-refractivity contribution in [3.8, 4) is 5.75 Å². The molecular formula is C14H15NO6S. The average molecular weight is 325 g/mol. The number of ether oxygens (including phenoxy) is 1. The summed E-state index contributed by atoms with van der Waals surface area (Å²) in [7, 11) is -2.37. The van der Waals surface area contributed by atoms with E-state index in [9.17, 15) is 13.2 Å². The van der Waals surface area contributed by atoms with Gasteiger partial charge in [-0.1, -0.05) is 6.07 Å². The number of sulfonamides is 1. The van der Waals surface area contributed by atoms with Gasteiger partial charge in [-0.15, -0.1) is 0 Å². The maximum absolute atomic E-state index is 12.2. The monoisotopic (exact) mass is 325 g/mol. The SMILES string of the molecule is COc1ccc(CCC(=O)O)cc1NS(=O)(=O)c1ccoc1. The Morgan fingerprint density at radius 3 is 2.73 bits per heavy atom. The number of nitrogens with one attached hydrogen (secondary N) is 1. The first kappa shape index (κ1) is 15.9. The Balaban J connectivity index is 2.28. The maximum atomic E-state index is 12.2. The molecule has 2 N–H and O–H groups in total. The van der Waals surface area contributed by atoms with E-state index in [1.54, 1.807) is 18.2 Å². The van der Waals surface area contributed by atoms with Crippen molar-refractivity contribution in [2.24, 2.45) is 0 Å². The third kappa shape index (κ3) is 3.79. The normalized spacial score (nSPS) is 11.1. The first-order chi connectivity index (χ1) is 10.4. The largest absolute Gasteiger partial charge is 0.495 e. The molecule has 1 aromatic heterocycles. The lowest BCUT2D eigenvalue weighted by Crippen LogP contribution is -2.13. The predicted molar refractivity (Wildman–Crippen MR) is 78.5 cm³/mol. The third-order valence-electron chi connectivity index (χ3n) is 2.94. The summed E-state index contributed by atoms with van der Waals surface area (Å²) in [5.41, 5.74) is 0.930. The number of carbonyl (C=O) groups is 1. The molecule has 0 atom stereocenters. The van der Waals surface area contributed by atoms with Crippen LogP contribution in [0, 0.1) is 0 Å². The Morgan fingerprint density at radius 2 is 2.14 bits per heavy atom. The molecule has 0 spiro atoms. The third-order valence-corrected chi connectivity index (χ3v) is 4.28. The van der Waals surface area contributed by atoms with Crippen LogP contribution >= 0.6 is 0 Å². The zero-order valence-electron chi connectivity index (χ0n) is 11.8. The molecule has 0 aliphatic heterocycles. The van der Waals surface area contributed by atoms with Crippen molar-refractivity contribution in [2.45, 2.75) is 17.7 Å². The van der Waals surface area contributed by atoms with Crippen molar-refractivity contribution in [3.63, 3.8) is 0 Å². The second kappa shape index (κ2) is 6.52. The second-order valence-electron chi connectivity index (χ2n) is 4.49. The molecule has 8 heteroatoms. The molecule has 1 heterocycles. The molecular weight excluding hydrogens is 310 g/mol. The molecule has 22 heavy (non-hydrogen) atoms. The number of anilines is 1. The highest BCUT2D eigenvalue weighted by Gasteiger charge is 2.18. The van der Waals surface area contributed by atoms with Gasteiger partial charge in [-0.2, -0.15) is 0 Å². The Morgan fingerprint density at radius 1 is 1.36 bits per heavy atom. The van der Waals surface area contributed by atoms with Crippen LogP contribution in [0.3, 0.4) is 0 Å². The van der Waals surface area contributed by atoms with Crippen LogP contribution in [0.4, 0.5) is 5.69 Å². The number of methoxy groups -OCH3 is 1. The van der Waals surface area contributed by atoms with Crippen LogP contribution in [0.2, 0.25) is 0 Å². The lowest BCUT2D eigenvalue weighted by atomic mass is 10.1. The summed E-state index contributed by atoms with van der Waals surface area (Å²) in [5, 5.41) is 8.71. The topological polar surface area (TPSA) is 106 Å². The Labute approximate surface area is 127 Å². The van der Waals surface area contributed by atoms with Crippen LogP contribution in [0.25, 0.3) is 0 Å². The van der Waals surface area contributed by atoms with Crippen molar-refractivity contribution in [1.82, 2.24) is 0 Å². The minimum absolute atomic E-state index is 0.00880. The number of furan rings is 1. The van der Waals surface area contributed by atoms with E-state index in [-0.39, 0.29) is 17.0 Å². The maximum Gasteiger partial charge on any atom is 0.303 e. The van der Waals surface area contributed by atoms with E-state index < -0.39 is 16.0 Å². The number of carboxylic acids is 1. The van der Waals surface area contributed by atoms with Crippen molar-refractivity contribution in [3.05, 3.63) is 42.4 Å². The number of rotatable bonds is 7. The van der Waals surface area contributed by atoms with Crippen LogP contribution in [-0.2, 0) is 21.2 Å². The number of benzene rings is 1. The van der Waals surface area contributed by atoms with Gasteiger partial charge in [0.1, 0.15) is 16.9 Å². The van der Waals surface area contributed by atoms with Crippen molar-refractivity contribution in [1.29, 1.82) is 0 Å². The van der Waals surface area contributed by atoms with E-state index in [0.29, 0.717) is 17.7 Å². The smallest absolute Gasteiger partial charge is 0.303 e. The predicted octanol–water partition coefficient (Wildman–Crippen LogP) is 2.11. The van der Waals surface area contributed by atoms with E-state index in [1.807, 2.05) is 0 Å². The van der Waals surface area contributed by atoms with Crippen molar-refractivity contribution < 1.29 is 27.5 Å². The highest BCUT2D eigenvalue weighted by atomic mass is 32.2. The quantitative estimate of drug-likeness (QED) is 0.807. The molecule has 0 amide bonds. The second-order valence-corrected chi connectivity index (χ2v) is 6.18. The van der Waals surface area contributed by atoms with Crippen molar-refractivity contribution in [2.75, 3.05) is 11.8 Å². The summed E-state index contributed by atoms with van der Waals surface area (Å²) in [6.07, 6.45) is 2.62. The van der Waals surface area contributed by atoms with Gasteiger partial charge in [0.05, 0.1) is 19.1 Å². The average Bonchev–Trinajstić information content (AvgIpc) is 3.00. The van der Waals surface area contributed by atoms with E-state index in [2.05, 4.69) is 4.72 Å². The fourth-order valence-corrected chi connectivity index (χ4v) is 2.83. The van der Waals surface area contributed by atoms with Crippen LogP contribution in [0.15, 0.2) is 46.1 Å². The van der Waals surface area contributed by atoms with Crippen LogP contribution in [0.5, 0.6) is 5.75 Å². The number of hydrogen-bond acceptors (Lipinski definition) is 5. The number of carboxylic acid groups (broad SMARTS) is 1. The molecule has 0 bridgehead atoms. The fourth-order valence-electron chi connectivity index (χ4n) is 1.85. The highest BCUT2D eigenvalue weighted by Crippen LogP contribution is 2.28. The summed E-state index contributed by atoms with van der Waals surface area (Å²) >= 11 is 0. The first-order valence-corrected chi connectivity index (χ1v) is 7.84. The summed E-state index contributed by atoms with van der Waals surface area (Å²) in [6, 6.07) is 6.16. The molecule has 0 radical (unpaired) electrons. The number of aliphatic carboxylic acids is 1. The van der Waals surface area contributed by atoms with Crippen LogP contribution < -0.4 is 9.46 Å². The Kier molecular flexibility index (Phi) is 4.71. The Hall–Kier alpha value is -2.48. The minimum atomic E-state index is -3.79. The summed E-state index contributed by atoms with van der Waals surface area (Å²) in [6.45, 7) is 0. The minimum Gasteiger partial charge on any atom is -0.495 e. The molecule has 0 aliphatic carbocycles. The van der Waals surface area contributed by atoms with Crippen LogP contribution in [0.1, 0.15) is 12.0 Å². The van der Waals surface area contributed by atoms with Gasteiger partial charge in [0, 0.05) is 6.42 Å². The van der Waals surface area contributed by atoms with E-state index in [4.69, 9.17) is 14.3 Å². The first-order valence-electron chi connectivity index (χ1n) is 6.36. The molecule has 7 nitrogen and oxygen atoms in total. The molecule has 0 fully saturated rings. The van der Waals surface area contributed by atoms with Gasteiger partial charge >= 0.3 is 5.97 Å². The lowest BCUT2D eigenvalue weighted by molar-refractivity contribution is -0.136. The van der Waals surface area contributed by atoms with Gasteiger partial charge in [0.15, 0.2) is 0 Å². The zero-order valence-corrected chi connectivity index (χ0v) is 12.6. The standard InChI is InChI=1S/C14H15NO6S/c1-20-13-4-2-10(3-5-14(16)17)8-12(13)15-22(18,19)11-6-7-21-9-11/h2,4,6-9,15H,3,5H2,1H3,(H,16,17). The molecule has 118 valence electrons. The van der Waals surface area contributed by atoms with Gasteiger partial charge in [-0.25, -0.2) is 8.42 Å². The summed E-state index contributed by atoms with van der Waals surface area (Å²) in [4.78, 5) is 10.6. The molecule has 0 saturated carbocycles. The highest BCUT2D eigenvalue weighted by molar-refractivity contribution is 7.92. The molecule has 2 rings (SSSR count). The fraction of sp³-hybridized carbons (Fsp3) is 0.214. The van der Waals surface area contributed by atoms with Gasteiger partial charge in [0.25, 0.3) is 10.0 Å². The van der Waals surface area contributed by atoms with E-state index in [1.165, 1.54) is 19.4 Å². The number of aryl methyl sites for hydroxylation is 1. The van der Waals surface area contributed by atoms with Gasteiger partial charge < -0.3 is 14.3 Å². The lowest BCUT2D eigenvalue weighted by Gasteiger charge is -2.12. The van der Waals surface area contributed by atoms with Crippen molar-refractivity contribution >= 4 is 21.7 Å². The van der Waals surface area contributed by atoms with E-state index >= 15 is 0 Å². The molecule has 0 saturated heterocycles. The van der Waals surface area contributed by atoms with Gasteiger partial charge in [0.2, 0.25) is 0 Å². The molecule has 1 aromatic carbocycles. The summed E-state index contributed by atoms with van der Waals surface area (Å²) < 4.78 is 36.7. The van der Waals surface area contributed by atoms with Gasteiger partial charge in [-0.05, 0) is 30.2 Å². The molecule has 2 aromatic rings. The summed E-state index contributed by atoms with van der Waals surface area (Å²) in [5.74, 6) is -0.581. The molecule has 0 aliphatic rings. The van der Waals surface area contributed by atoms with Crippen LogP contribution in [-0.4, -0.2) is 26.6 Å². The van der Waals surface area contributed by atoms with Gasteiger partial charge in [-0.3, -0.25) is 9.52 Å². The number of hydrogen-bond donors (Lipinski definition) is 2. The van der Waals surface area contributed by atoms with E-state index in [0.717, 1.165) is 6.26 Å².